The topological polar surface area (TPSA) is 43.4 Å². The third-order valence-corrected chi connectivity index (χ3v) is 6.09. The van der Waals surface area contributed by atoms with Gasteiger partial charge in [0, 0.05) is 0 Å². The first-order valence-corrected chi connectivity index (χ1v) is 12.0. The number of rotatable bonds is 17. The molecule has 0 heterocycles. The summed E-state index contributed by atoms with van der Waals surface area (Å²) in [6.45, 7) is 2.55. The summed E-state index contributed by atoms with van der Waals surface area (Å²) in [7, 11) is -3.58. The van der Waals surface area contributed by atoms with Gasteiger partial charge in [-0.2, -0.15) is 8.42 Å². The van der Waals surface area contributed by atoms with E-state index in [-0.39, 0.29) is 52.1 Å². The van der Waals surface area contributed by atoms with Crippen molar-refractivity contribution in [3.63, 3.8) is 0 Å². The van der Waals surface area contributed by atoms with Gasteiger partial charge < -0.3 is 2.85 Å². The van der Waals surface area contributed by atoms with Crippen molar-refractivity contribution >= 4 is 47.9 Å². The summed E-state index contributed by atoms with van der Waals surface area (Å²) in [6, 6.07) is 8.36. The molecule has 5 heteroatoms. The maximum Gasteiger partial charge on any atom is 2.00 e. The first-order chi connectivity index (χ1) is 12.7. The molecule has 0 aliphatic heterocycles. The zero-order chi connectivity index (χ0) is 18.9. The van der Waals surface area contributed by atoms with E-state index >= 15 is 0 Å². The zero-order valence-corrected chi connectivity index (χ0v) is 20.4. The second-order valence-corrected chi connectivity index (χ2v) is 8.80. The van der Waals surface area contributed by atoms with Crippen LogP contribution in [-0.4, -0.2) is 52.8 Å². The molecule has 0 atom stereocenters. The van der Waals surface area contributed by atoms with Crippen LogP contribution in [0.15, 0.2) is 35.2 Å². The summed E-state index contributed by atoms with van der Waals surface area (Å²) in [5, 5.41) is 0. The van der Waals surface area contributed by atoms with Crippen LogP contribution in [0.4, 0.5) is 0 Å². The van der Waals surface area contributed by atoms with E-state index in [1.807, 2.05) is 0 Å². The second kappa shape index (κ2) is 18.4. The predicted octanol–water partition coefficient (Wildman–Crippen LogP) is 6.72. The summed E-state index contributed by atoms with van der Waals surface area (Å²) in [4.78, 5) is 0.241. The molecule has 3 nitrogen and oxygen atoms in total. The van der Waals surface area contributed by atoms with E-state index in [2.05, 4.69) is 6.92 Å². The van der Waals surface area contributed by atoms with E-state index in [9.17, 15) is 8.42 Å². The molecule has 1 rings (SSSR count). The Morgan fingerprint density at radius 2 is 1.11 bits per heavy atom. The van der Waals surface area contributed by atoms with Crippen LogP contribution < -0.4 is 0 Å². The smallest absolute Gasteiger partial charge is 1.00 e. The second-order valence-electron chi connectivity index (χ2n) is 7.19. The van der Waals surface area contributed by atoms with Crippen molar-refractivity contribution in [3.05, 3.63) is 30.3 Å². The molecule has 1 aromatic rings. The van der Waals surface area contributed by atoms with Gasteiger partial charge >= 0.3 is 37.7 Å². The van der Waals surface area contributed by atoms with Gasteiger partial charge in [-0.15, -0.1) is 0 Å². The Labute approximate surface area is 200 Å². The largest absolute Gasteiger partial charge is 2.00 e. The standard InChI is InChI=1S/C22H38O3S.Ca.2H/c1-2-3-4-5-6-7-8-9-10-11-12-13-14-18-21-25-26(23,24)22-19-16-15-17-20-22;;;/h15-17,19-20H,2-14,18,21H2,1H3;;;/q;+2;2*-1. The van der Waals surface area contributed by atoms with Crippen molar-refractivity contribution in [2.75, 3.05) is 6.61 Å². The molecule has 0 radical (unpaired) electrons. The van der Waals surface area contributed by atoms with Crippen LogP contribution >= 0.6 is 0 Å². The molecule has 1 aromatic carbocycles. The SMILES string of the molecule is CCCCCCCCCCCCCCCCOS(=O)(=O)c1ccccc1.[Ca+2].[H-].[H-]. The van der Waals surface area contributed by atoms with Gasteiger partial charge in [0.2, 0.25) is 0 Å². The van der Waals surface area contributed by atoms with Crippen LogP contribution in [0.2, 0.25) is 0 Å². The van der Waals surface area contributed by atoms with Crippen molar-refractivity contribution in [2.45, 2.75) is 102 Å². The van der Waals surface area contributed by atoms with Crippen molar-refractivity contribution in [3.8, 4) is 0 Å². The molecular weight excluding hydrogens is 384 g/mol. The minimum absolute atomic E-state index is 0. The first-order valence-electron chi connectivity index (χ1n) is 10.6. The molecule has 154 valence electrons. The normalized spacial score (nSPS) is 11.3. The van der Waals surface area contributed by atoms with Crippen molar-refractivity contribution < 1.29 is 15.5 Å². The van der Waals surface area contributed by atoms with Gasteiger partial charge in [-0.05, 0) is 18.6 Å². The van der Waals surface area contributed by atoms with Gasteiger partial charge in [-0.3, -0.25) is 4.18 Å². The van der Waals surface area contributed by atoms with Crippen LogP contribution in [0.3, 0.4) is 0 Å². The van der Waals surface area contributed by atoms with E-state index in [0.717, 1.165) is 12.8 Å². The molecule has 0 bridgehead atoms. The molecule has 0 unspecified atom stereocenters. The fraction of sp³-hybridized carbons (Fsp3) is 0.727. The van der Waals surface area contributed by atoms with Crippen LogP contribution in [0.5, 0.6) is 0 Å². The number of hydrogen-bond acceptors (Lipinski definition) is 3. The molecule has 0 spiro atoms. The maximum atomic E-state index is 11.9. The monoisotopic (exact) mass is 424 g/mol. The Kier molecular flexibility index (Phi) is 18.7. The van der Waals surface area contributed by atoms with Gasteiger partial charge in [-0.1, -0.05) is 109 Å². The van der Waals surface area contributed by atoms with E-state index in [1.165, 1.54) is 77.0 Å². The minimum atomic E-state index is -3.58. The maximum absolute atomic E-state index is 11.9. The molecule has 0 saturated heterocycles. The summed E-state index contributed by atoms with van der Waals surface area (Å²) in [6.07, 6.45) is 18.0. The van der Waals surface area contributed by atoms with Gasteiger partial charge in [0.1, 0.15) is 0 Å². The van der Waals surface area contributed by atoms with Gasteiger partial charge in [0.15, 0.2) is 0 Å². The zero-order valence-electron chi connectivity index (χ0n) is 19.3. The van der Waals surface area contributed by atoms with Crippen molar-refractivity contribution in [2.24, 2.45) is 0 Å². The van der Waals surface area contributed by atoms with Gasteiger partial charge in [0.05, 0.1) is 11.5 Å². The fourth-order valence-electron chi connectivity index (χ4n) is 3.12. The minimum Gasteiger partial charge on any atom is -1.00 e. The Morgan fingerprint density at radius 1 is 0.704 bits per heavy atom. The number of unbranched alkanes of at least 4 members (excludes halogenated alkanes) is 13. The Morgan fingerprint density at radius 3 is 1.56 bits per heavy atom. The van der Waals surface area contributed by atoms with E-state index in [1.54, 1.807) is 30.3 Å². The Bertz CT molecular complexity index is 542. The molecule has 0 aliphatic rings. The molecule has 0 N–H and O–H groups in total. The van der Waals surface area contributed by atoms with Crippen molar-refractivity contribution in [1.29, 1.82) is 0 Å². The summed E-state index contributed by atoms with van der Waals surface area (Å²) < 4.78 is 29.0. The van der Waals surface area contributed by atoms with E-state index in [0.29, 0.717) is 0 Å². The van der Waals surface area contributed by atoms with Gasteiger partial charge in [0.25, 0.3) is 10.1 Å². The average Bonchev–Trinajstić information content (AvgIpc) is 2.65. The summed E-state index contributed by atoms with van der Waals surface area (Å²) >= 11 is 0. The molecule has 0 fully saturated rings. The summed E-state index contributed by atoms with van der Waals surface area (Å²) in [5.41, 5.74) is 0. The van der Waals surface area contributed by atoms with Gasteiger partial charge in [-0.25, -0.2) is 0 Å². The molecule has 0 amide bonds. The van der Waals surface area contributed by atoms with Crippen LogP contribution in [0.1, 0.15) is 99.7 Å². The fourth-order valence-corrected chi connectivity index (χ4v) is 4.08. The molecule has 27 heavy (non-hydrogen) atoms. The molecule has 0 saturated carbocycles. The third-order valence-electron chi connectivity index (χ3n) is 4.77. The number of hydrogen-bond donors (Lipinski definition) is 0. The molecular formula is C22H40CaO3S. The van der Waals surface area contributed by atoms with Crippen LogP contribution in [-0.2, 0) is 14.3 Å². The van der Waals surface area contributed by atoms with E-state index < -0.39 is 10.1 Å². The quantitative estimate of drug-likeness (QED) is 0.158. The van der Waals surface area contributed by atoms with Crippen LogP contribution in [0.25, 0.3) is 0 Å². The Balaban J connectivity index is -0.00000225. The average molecular weight is 425 g/mol. The van der Waals surface area contributed by atoms with Crippen LogP contribution in [0, 0.1) is 0 Å². The molecule has 0 aliphatic carbocycles. The van der Waals surface area contributed by atoms with Crippen molar-refractivity contribution in [1.82, 2.24) is 0 Å². The predicted molar refractivity (Wildman–Crippen MR) is 118 cm³/mol. The molecule has 0 aromatic heterocycles. The number of benzene rings is 1. The van der Waals surface area contributed by atoms with E-state index in [4.69, 9.17) is 4.18 Å². The third kappa shape index (κ3) is 15.0. The first kappa shape index (κ1) is 27.4. The Hall–Kier alpha value is 0.390. The summed E-state index contributed by atoms with van der Waals surface area (Å²) in [5.74, 6) is 0.